The third-order valence-electron chi connectivity index (χ3n) is 4.78. The Morgan fingerprint density at radius 2 is 1.75 bits per heavy atom. The first-order chi connectivity index (χ1) is 9.76. The second kappa shape index (κ2) is 6.15. The van der Waals surface area contributed by atoms with Crippen LogP contribution in [0.3, 0.4) is 0 Å². The predicted octanol–water partition coefficient (Wildman–Crippen LogP) is 2.50. The highest BCUT2D eigenvalue weighted by Gasteiger charge is 2.26. The molecule has 1 N–H and O–H groups in total. The van der Waals surface area contributed by atoms with Crippen LogP contribution < -0.4 is 10.2 Å². The number of hydrogen-bond acceptors (Lipinski definition) is 3. The molecule has 20 heavy (non-hydrogen) atoms. The summed E-state index contributed by atoms with van der Waals surface area (Å²) in [6, 6.07) is 9.50. The van der Waals surface area contributed by atoms with Gasteiger partial charge in [0.05, 0.1) is 0 Å². The molecule has 3 nitrogen and oxygen atoms in total. The highest BCUT2D eigenvalue weighted by atomic mass is 15.3. The minimum absolute atomic E-state index is 0.430. The molecular formula is C17H27N3. The summed E-state index contributed by atoms with van der Waals surface area (Å²) < 4.78 is 0. The molecule has 1 aliphatic carbocycles. The second-order valence-corrected chi connectivity index (χ2v) is 6.33. The van der Waals surface area contributed by atoms with Gasteiger partial charge in [-0.15, -0.1) is 0 Å². The lowest BCUT2D eigenvalue weighted by Gasteiger charge is -2.36. The zero-order chi connectivity index (χ0) is 13.9. The van der Waals surface area contributed by atoms with Gasteiger partial charge in [0.25, 0.3) is 0 Å². The van der Waals surface area contributed by atoms with Gasteiger partial charge in [-0.1, -0.05) is 12.1 Å². The number of rotatable bonds is 5. The molecule has 1 aliphatic heterocycles. The first-order valence-corrected chi connectivity index (χ1v) is 8.01. The maximum Gasteiger partial charge on any atom is 0.0367 e. The zero-order valence-electron chi connectivity index (χ0n) is 12.8. The van der Waals surface area contributed by atoms with Gasteiger partial charge in [0.1, 0.15) is 0 Å². The van der Waals surface area contributed by atoms with E-state index in [2.05, 4.69) is 46.3 Å². The van der Waals surface area contributed by atoms with Gasteiger partial charge in [0, 0.05) is 44.5 Å². The van der Waals surface area contributed by atoms with Crippen molar-refractivity contribution in [2.75, 3.05) is 44.7 Å². The lowest BCUT2D eigenvalue weighted by atomic mass is 10.1. The summed E-state index contributed by atoms with van der Waals surface area (Å²) in [6.07, 6.45) is 2.93. The van der Waals surface area contributed by atoms with Crippen molar-refractivity contribution >= 4 is 5.69 Å². The molecule has 110 valence electrons. The van der Waals surface area contributed by atoms with Gasteiger partial charge >= 0.3 is 0 Å². The van der Waals surface area contributed by atoms with Crippen molar-refractivity contribution in [3.05, 3.63) is 29.8 Å². The predicted molar refractivity (Wildman–Crippen MR) is 85.3 cm³/mol. The first-order valence-electron chi connectivity index (χ1n) is 8.01. The first kappa shape index (κ1) is 13.9. The average molecular weight is 273 g/mol. The van der Waals surface area contributed by atoms with E-state index in [9.17, 15) is 0 Å². The van der Waals surface area contributed by atoms with Crippen molar-refractivity contribution in [2.45, 2.75) is 25.8 Å². The Morgan fingerprint density at radius 1 is 1.10 bits per heavy atom. The van der Waals surface area contributed by atoms with E-state index < -0.39 is 0 Å². The van der Waals surface area contributed by atoms with Gasteiger partial charge in [-0.25, -0.2) is 0 Å². The summed E-state index contributed by atoms with van der Waals surface area (Å²) >= 11 is 0. The third kappa shape index (κ3) is 3.33. The smallest absolute Gasteiger partial charge is 0.0367 e. The SMILES string of the molecule is CNC(C)c1ccc(N2CCN(CC3CC3)CC2)cc1. The molecule has 1 saturated heterocycles. The molecular weight excluding hydrogens is 246 g/mol. The van der Waals surface area contributed by atoms with E-state index in [0.717, 1.165) is 5.92 Å². The topological polar surface area (TPSA) is 18.5 Å². The second-order valence-electron chi connectivity index (χ2n) is 6.33. The maximum absolute atomic E-state index is 3.29. The van der Waals surface area contributed by atoms with Crippen LogP contribution in [0.15, 0.2) is 24.3 Å². The molecule has 2 fully saturated rings. The summed E-state index contributed by atoms with van der Waals surface area (Å²) in [7, 11) is 2.01. The van der Waals surface area contributed by atoms with Crippen molar-refractivity contribution in [1.29, 1.82) is 0 Å². The van der Waals surface area contributed by atoms with E-state index in [-0.39, 0.29) is 0 Å². The van der Waals surface area contributed by atoms with Crippen LogP contribution in [-0.4, -0.2) is 44.7 Å². The third-order valence-corrected chi connectivity index (χ3v) is 4.78. The van der Waals surface area contributed by atoms with E-state index in [1.807, 2.05) is 7.05 Å². The quantitative estimate of drug-likeness (QED) is 0.889. The van der Waals surface area contributed by atoms with Crippen LogP contribution in [0.5, 0.6) is 0 Å². The van der Waals surface area contributed by atoms with Crippen molar-refractivity contribution in [1.82, 2.24) is 10.2 Å². The summed E-state index contributed by atoms with van der Waals surface area (Å²) in [4.78, 5) is 5.17. The monoisotopic (exact) mass is 273 g/mol. The largest absolute Gasteiger partial charge is 0.369 e. The van der Waals surface area contributed by atoms with Crippen LogP contribution >= 0.6 is 0 Å². The number of benzene rings is 1. The van der Waals surface area contributed by atoms with Gasteiger partial charge in [0.15, 0.2) is 0 Å². The summed E-state index contributed by atoms with van der Waals surface area (Å²) in [6.45, 7) is 8.34. The van der Waals surface area contributed by atoms with E-state index in [1.54, 1.807) is 0 Å². The lowest BCUT2D eigenvalue weighted by molar-refractivity contribution is 0.248. The Hall–Kier alpha value is -1.06. The van der Waals surface area contributed by atoms with Crippen LogP contribution in [-0.2, 0) is 0 Å². The fourth-order valence-electron chi connectivity index (χ4n) is 2.99. The Bertz CT molecular complexity index is 416. The van der Waals surface area contributed by atoms with Gasteiger partial charge < -0.3 is 10.2 Å². The molecule has 1 atom stereocenters. The van der Waals surface area contributed by atoms with Gasteiger partial charge in [-0.3, -0.25) is 4.90 Å². The maximum atomic E-state index is 3.29. The van der Waals surface area contributed by atoms with Gasteiger partial charge in [0.2, 0.25) is 0 Å². The van der Waals surface area contributed by atoms with Crippen LogP contribution in [0.2, 0.25) is 0 Å². The fraction of sp³-hybridized carbons (Fsp3) is 0.647. The molecule has 1 aromatic rings. The lowest BCUT2D eigenvalue weighted by Crippen LogP contribution is -2.47. The molecule has 1 aromatic carbocycles. The Morgan fingerprint density at radius 3 is 2.30 bits per heavy atom. The van der Waals surface area contributed by atoms with Gasteiger partial charge in [-0.2, -0.15) is 0 Å². The molecule has 1 saturated carbocycles. The summed E-state index contributed by atoms with van der Waals surface area (Å²) in [5.74, 6) is 1.02. The molecule has 2 aliphatic rings. The molecule has 0 amide bonds. The van der Waals surface area contributed by atoms with Crippen LogP contribution in [0, 0.1) is 5.92 Å². The van der Waals surface area contributed by atoms with Crippen molar-refractivity contribution in [3.63, 3.8) is 0 Å². The number of piperazine rings is 1. The highest BCUT2D eigenvalue weighted by Crippen LogP contribution is 2.30. The minimum Gasteiger partial charge on any atom is -0.369 e. The molecule has 0 radical (unpaired) electrons. The fourth-order valence-corrected chi connectivity index (χ4v) is 2.99. The van der Waals surface area contributed by atoms with E-state index in [1.165, 1.54) is 56.8 Å². The summed E-state index contributed by atoms with van der Waals surface area (Å²) in [5, 5.41) is 3.29. The van der Waals surface area contributed by atoms with Crippen molar-refractivity contribution < 1.29 is 0 Å². The molecule has 1 heterocycles. The highest BCUT2D eigenvalue weighted by molar-refractivity contribution is 5.48. The number of anilines is 1. The van der Waals surface area contributed by atoms with Crippen molar-refractivity contribution in [2.24, 2.45) is 5.92 Å². The average Bonchev–Trinajstić information content (AvgIpc) is 3.31. The number of hydrogen-bond donors (Lipinski definition) is 1. The van der Waals surface area contributed by atoms with E-state index in [0.29, 0.717) is 6.04 Å². The summed E-state index contributed by atoms with van der Waals surface area (Å²) in [5.41, 5.74) is 2.74. The van der Waals surface area contributed by atoms with Crippen LogP contribution in [0.4, 0.5) is 5.69 Å². The molecule has 3 heteroatoms. The van der Waals surface area contributed by atoms with E-state index in [4.69, 9.17) is 0 Å². The van der Waals surface area contributed by atoms with Crippen molar-refractivity contribution in [3.8, 4) is 0 Å². The number of nitrogens with one attached hydrogen (secondary N) is 1. The van der Waals surface area contributed by atoms with Gasteiger partial charge in [-0.05, 0) is 50.4 Å². The normalized spacial score (nSPS) is 22.0. The molecule has 0 bridgehead atoms. The standard InChI is InChI=1S/C17H27N3/c1-14(18-2)16-5-7-17(8-6-16)20-11-9-19(10-12-20)13-15-3-4-15/h5-8,14-15,18H,3-4,9-13H2,1-2H3. The Balaban J connectivity index is 1.54. The Labute approximate surface area is 123 Å². The molecule has 0 spiro atoms. The molecule has 0 aromatic heterocycles. The molecule has 3 rings (SSSR count). The van der Waals surface area contributed by atoms with Crippen LogP contribution in [0.1, 0.15) is 31.4 Å². The number of nitrogens with zero attached hydrogens (tertiary/aromatic N) is 2. The minimum atomic E-state index is 0.430. The zero-order valence-corrected chi connectivity index (χ0v) is 12.8. The molecule has 1 unspecified atom stereocenters. The van der Waals surface area contributed by atoms with E-state index >= 15 is 0 Å². The van der Waals surface area contributed by atoms with Crippen LogP contribution in [0.25, 0.3) is 0 Å². The Kier molecular flexibility index (Phi) is 4.27.